The lowest BCUT2D eigenvalue weighted by atomic mass is 10.2. The van der Waals surface area contributed by atoms with E-state index in [2.05, 4.69) is 26.1 Å². The maximum Gasteiger partial charge on any atom is 0.322 e. The molecule has 0 saturated carbocycles. The molecule has 9 heteroatoms. The molecule has 1 saturated heterocycles. The molecule has 1 fully saturated rings. The molecule has 36 heavy (non-hydrogen) atoms. The summed E-state index contributed by atoms with van der Waals surface area (Å²) in [5.74, 6) is 0.538. The number of furan rings is 1. The van der Waals surface area contributed by atoms with Gasteiger partial charge in [0, 0.05) is 37.2 Å². The second-order valence-corrected chi connectivity index (χ2v) is 9.45. The number of nitrogens with one attached hydrogen (secondary N) is 1. The van der Waals surface area contributed by atoms with E-state index in [1.165, 1.54) is 0 Å². The molecule has 0 radical (unpaired) electrons. The van der Waals surface area contributed by atoms with Gasteiger partial charge in [0.05, 0.1) is 31.7 Å². The number of ether oxygens (including phenoxy) is 1. The van der Waals surface area contributed by atoms with Gasteiger partial charge >= 0.3 is 6.03 Å². The Morgan fingerprint density at radius 1 is 0.917 bits per heavy atom. The maximum atomic E-state index is 13.6. The molecule has 3 amide bonds. The fraction of sp³-hybridized carbons (Fsp3) is 0.333. The molecule has 8 nitrogen and oxygen atoms in total. The molecule has 0 aliphatic carbocycles. The molecule has 3 aromatic rings. The van der Waals surface area contributed by atoms with E-state index < -0.39 is 0 Å². The summed E-state index contributed by atoms with van der Waals surface area (Å²) >= 11 is 3.48. The van der Waals surface area contributed by atoms with E-state index in [4.69, 9.17) is 9.15 Å². The van der Waals surface area contributed by atoms with Gasteiger partial charge in [-0.1, -0.05) is 42.5 Å². The van der Waals surface area contributed by atoms with Crippen LogP contribution < -0.4 is 5.32 Å². The fourth-order valence-corrected chi connectivity index (χ4v) is 4.37. The van der Waals surface area contributed by atoms with Crippen LogP contribution in [0.2, 0.25) is 0 Å². The summed E-state index contributed by atoms with van der Waals surface area (Å²) in [4.78, 5) is 32.5. The summed E-state index contributed by atoms with van der Waals surface area (Å²) in [5.41, 5.74) is 1.66. The average molecular weight is 555 g/mol. The van der Waals surface area contributed by atoms with Crippen LogP contribution in [-0.2, 0) is 22.6 Å². The molecule has 2 heterocycles. The summed E-state index contributed by atoms with van der Waals surface area (Å²) < 4.78 is 11.7. The predicted molar refractivity (Wildman–Crippen MR) is 141 cm³/mol. The minimum absolute atomic E-state index is 0.0475. The number of urea groups is 1. The fourth-order valence-electron chi connectivity index (χ4n) is 3.99. The Morgan fingerprint density at radius 2 is 1.67 bits per heavy atom. The van der Waals surface area contributed by atoms with Crippen molar-refractivity contribution < 1.29 is 18.7 Å². The van der Waals surface area contributed by atoms with E-state index in [0.29, 0.717) is 50.8 Å². The Morgan fingerprint density at radius 3 is 2.39 bits per heavy atom. The zero-order chi connectivity index (χ0) is 25.2. The molecule has 1 aromatic heterocycles. The third-order valence-corrected chi connectivity index (χ3v) is 6.71. The second-order valence-electron chi connectivity index (χ2n) is 8.60. The summed E-state index contributed by atoms with van der Waals surface area (Å²) in [5, 5.41) is 2.95. The van der Waals surface area contributed by atoms with E-state index in [-0.39, 0.29) is 18.5 Å². The standard InChI is InChI=1S/C27H31BrN4O4/c28-24-10-4-5-11-25(24)29-27(34)31(13-12-30-14-17-35-18-15-30)21-26(33)32(20-23-9-6-16-36-23)19-22-7-2-1-3-8-22/h1-11,16H,12-15,17-21H2,(H,29,34). The number of morpholine rings is 1. The van der Waals surface area contributed by atoms with E-state index in [1.54, 1.807) is 22.1 Å². The summed E-state index contributed by atoms with van der Waals surface area (Å²) in [6.45, 7) is 4.76. The molecule has 0 bridgehead atoms. The number of hydrogen-bond donors (Lipinski definition) is 1. The number of amides is 3. The quantitative estimate of drug-likeness (QED) is 0.401. The lowest BCUT2D eigenvalue weighted by Gasteiger charge is -2.31. The number of carbonyl (C=O) groups excluding carboxylic acids is 2. The summed E-state index contributed by atoms with van der Waals surface area (Å²) in [7, 11) is 0. The molecular formula is C27H31BrN4O4. The summed E-state index contributed by atoms with van der Waals surface area (Å²) in [6, 6.07) is 20.6. The first-order chi connectivity index (χ1) is 17.6. The Hall–Kier alpha value is -3.14. The van der Waals surface area contributed by atoms with Gasteiger partial charge in [-0.15, -0.1) is 0 Å². The lowest BCUT2D eigenvalue weighted by Crippen LogP contribution is -2.48. The average Bonchev–Trinajstić information content (AvgIpc) is 3.42. The Kier molecular flexibility index (Phi) is 9.54. The van der Waals surface area contributed by atoms with Crippen LogP contribution in [0.1, 0.15) is 11.3 Å². The van der Waals surface area contributed by atoms with Gasteiger partial charge in [-0.25, -0.2) is 4.79 Å². The molecule has 1 aliphatic rings. The van der Waals surface area contributed by atoms with Gasteiger partial charge in [0.2, 0.25) is 5.91 Å². The second kappa shape index (κ2) is 13.2. The van der Waals surface area contributed by atoms with Crippen molar-refractivity contribution in [1.82, 2.24) is 14.7 Å². The predicted octanol–water partition coefficient (Wildman–Crippen LogP) is 4.44. The van der Waals surface area contributed by atoms with E-state index in [0.717, 1.165) is 23.1 Å². The van der Waals surface area contributed by atoms with Crippen LogP contribution in [0.25, 0.3) is 0 Å². The molecule has 0 spiro atoms. The van der Waals surface area contributed by atoms with Gasteiger partial charge in [-0.2, -0.15) is 0 Å². The number of carbonyl (C=O) groups is 2. The third kappa shape index (κ3) is 7.68. The van der Waals surface area contributed by atoms with E-state index in [1.807, 2.05) is 60.7 Å². The maximum absolute atomic E-state index is 13.6. The summed E-state index contributed by atoms with van der Waals surface area (Å²) in [6.07, 6.45) is 1.60. The molecule has 1 N–H and O–H groups in total. The molecule has 0 atom stereocenters. The number of benzene rings is 2. The number of anilines is 1. The molecule has 4 rings (SSSR count). The number of halogens is 1. The van der Waals surface area contributed by atoms with Gasteiger partial charge in [0.25, 0.3) is 0 Å². The zero-order valence-corrected chi connectivity index (χ0v) is 21.7. The number of nitrogens with zero attached hydrogens (tertiary/aromatic N) is 3. The van der Waals surface area contributed by atoms with Crippen molar-refractivity contribution in [2.24, 2.45) is 0 Å². The normalized spacial score (nSPS) is 13.8. The van der Waals surface area contributed by atoms with Crippen molar-refractivity contribution in [3.63, 3.8) is 0 Å². The minimum atomic E-state index is -0.318. The number of hydrogen-bond acceptors (Lipinski definition) is 5. The minimum Gasteiger partial charge on any atom is -0.467 e. The zero-order valence-electron chi connectivity index (χ0n) is 20.1. The van der Waals surface area contributed by atoms with Crippen molar-refractivity contribution in [2.75, 3.05) is 51.3 Å². The van der Waals surface area contributed by atoms with Crippen molar-refractivity contribution in [1.29, 1.82) is 0 Å². The number of para-hydroxylation sites is 1. The van der Waals surface area contributed by atoms with Gasteiger partial charge in [-0.3, -0.25) is 9.69 Å². The van der Waals surface area contributed by atoms with Gasteiger partial charge < -0.3 is 24.3 Å². The molecule has 0 unspecified atom stereocenters. The molecule has 1 aliphatic heterocycles. The van der Waals surface area contributed by atoms with Crippen LogP contribution in [0.5, 0.6) is 0 Å². The highest BCUT2D eigenvalue weighted by Gasteiger charge is 2.24. The van der Waals surface area contributed by atoms with Crippen molar-refractivity contribution in [3.05, 3.63) is 88.8 Å². The van der Waals surface area contributed by atoms with Crippen LogP contribution in [0.4, 0.5) is 10.5 Å². The van der Waals surface area contributed by atoms with Gasteiger partial charge in [-0.05, 0) is 45.8 Å². The van der Waals surface area contributed by atoms with Crippen molar-refractivity contribution in [3.8, 4) is 0 Å². The van der Waals surface area contributed by atoms with Crippen LogP contribution in [0.15, 0.2) is 81.9 Å². The molecule has 2 aromatic carbocycles. The van der Waals surface area contributed by atoms with Crippen molar-refractivity contribution >= 4 is 33.6 Å². The van der Waals surface area contributed by atoms with Crippen molar-refractivity contribution in [2.45, 2.75) is 13.1 Å². The molecular weight excluding hydrogens is 524 g/mol. The topological polar surface area (TPSA) is 78.3 Å². The van der Waals surface area contributed by atoms with Crippen LogP contribution in [-0.4, -0.2) is 72.6 Å². The lowest BCUT2D eigenvalue weighted by molar-refractivity contribution is -0.133. The van der Waals surface area contributed by atoms with Gasteiger partial charge in [0.15, 0.2) is 0 Å². The highest BCUT2D eigenvalue weighted by molar-refractivity contribution is 9.10. The van der Waals surface area contributed by atoms with Crippen LogP contribution >= 0.6 is 15.9 Å². The Balaban J connectivity index is 1.49. The van der Waals surface area contributed by atoms with Crippen LogP contribution in [0.3, 0.4) is 0 Å². The molecule has 190 valence electrons. The largest absolute Gasteiger partial charge is 0.467 e. The monoisotopic (exact) mass is 554 g/mol. The van der Waals surface area contributed by atoms with E-state index >= 15 is 0 Å². The first-order valence-electron chi connectivity index (χ1n) is 12.0. The Bertz CT molecular complexity index is 1100. The highest BCUT2D eigenvalue weighted by Crippen LogP contribution is 2.21. The highest BCUT2D eigenvalue weighted by atomic mass is 79.9. The number of rotatable bonds is 10. The first kappa shape index (κ1) is 25.9. The Labute approximate surface area is 219 Å². The van der Waals surface area contributed by atoms with E-state index in [9.17, 15) is 9.59 Å². The first-order valence-corrected chi connectivity index (χ1v) is 12.8. The third-order valence-electron chi connectivity index (χ3n) is 6.01. The SMILES string of the molecule is O=C(CN(CCN1CCOCC1)C(=O)Nc1ccccc1Br)N(Cc1ccccc1)Cc1ccco1. The van der Waals surface area contributed by atoms with Crippen LogP contribution in [0, 0.1) is 0 Å². The smallest absolute Gasteiger partial charge is 0.322 e. The van der Waals surface area contributed by atoms with Gasteiger partial charge in [0.1, 0.15) is 12.3 Å².